The van der Waals surface area contributed by atoms with Crippen molar-refractivity contribution in [3.05, 3.63) is 28.8 Å². The Morgan fingerprint density at radius 3 is 2.53 bits per heavy atom. The van der Waals surface area contributed by atoms with Crippen molar-refractivity contribution in [3.8, 4) is 5.75 Å². The highest BCUT2D eigenvalue weighted by Gasteiger charge is 2.23. The summed E-state index contributed by atoms with van der Waals surface area (Å²) in [5, 5.41) is 9.13. The Balaban J connectivity index is 2.51. The van der Waals surface area contributed by atoms with E-state index >= 15 is 0 Å². The minimum absolute atomic E-state index is 0.437. The van der Waals surface area contributed by atoms with E-state index in [9.17, 15) is 4.79 Å². The number of hydrogen-bond acceptors (Lipinski definition) is 2. The molecule has 1 aliphatic rings. The van der Waals surface area contributed by atoms with E-state index in [1.54, 1.807) is 14.0 Å². The molecule has 92 valence electrons. The highest BCUT2D eigenvalue weighted by molar-refractivity contribution is 5.76. The first-order valence-corrected chi connectivity index (χ1v) is 6.06. The van der Waals surface area contributed by atoms with Crippen LogP contribution in [0.25, 0.3) is 0 Å². The van der Waals surface area contributed by atoms with Gasteiger partial charge in [0.2, 0.25) is 0 Å². The summed E-state index contributed by atoms with van der Waals surface area (Å²) < 4.78 is 5.36. The molecule has 1 aliphatic carbocycles. The van der Waals surface area contributed by atoms with Crippen molar-refractivity contribution in [1.29, 1.82) is 0 Å². The SMILES string of the molecule is COc1ccc(C(C)C(=O)O)c2c1CCCC2. The van der Waals surface area contributed by atoms with Gasteiger partial charge in [0.1, 0.15) is 5.75 Å². The molecule has 1 atom stereocenters. The summed E-state index contributed by atoms with van der Waals surface area (Å²) in [6.07, 6.45) is 4.27. The molecule has 0 bridgehead atoms. The molecule has 0 saturated carbocycles. The molecule has 0 amide bonds. The molecule has 0 heterocycles. The molecule has 0 aliphatic heterocycles. The summed E-state index contributed by atoms with van der Waals surface area (Å²) in [5.41, 5.74) is 3.36. The van der Waals surface area contributed by atoms with Crippen molar-refractivity contribution >= 4 is 5.97 Å². The Labute approximate surface area is 101 Å². The van der Waals surface area contributed by atoms with Crippen molar-refractivity contribution < 1.29 is 14.6 Å². The maximum Gasteiger partial charge on any atom is 0.310 e. The zero-order chi connectivity index (χ0) is 12.4. The van der Waals surface area contributed by atoms with Gasteiger partial charge in [-0.1, -0.05) is 6.07 Å². The van der Waals surface area contributed by atoms with Crippen molar-refractivity contribution in [2.75, 3.05) is 7.11 Å². The maximum atomic E-state index is 11.1. The van der Waals surface area contributed by atoms with Crippen LogP contribution in [-0.4, -0.2) is 18.2 Å². The van der Waals surface area contributed by atoms with Gasteiger partial charge in [-0.25, -0.2) is 0 Å². The zero-order valence-corrected chi connectivity index (χ0v) is 10.3. The van der Waals surface area contributed by atoms with Crippen molar-refractivity contribution in [3.63, 3.8) is 0 Å². The number of benzene rings is 1. The van der Waals surface area contributed by atoms with E-state index in [2.05, 4.69) is 0 Å². The lowest BCUT2D eigenvalue weighted by Gasteiger charge is -2.23. The highest BCUT2D eigenvalue weighted by atomic mass is 16.5. The standard InChI is InChI=1S/C14H18O3/c1-9(14(15)16)10-7-8-13(17-2)12-6-4-3-5-11(10)12/h7-9H,3-6H2,1-2H3,(H,15,16). The van der Waals surface area contributed by atoms with Crippen LogP contribution in [0.15, 0.2) is 12.1 Å². The summed E-state index contributed by atoms with van der Waals surface area (Å²) in [6, 6.07) is 3.81. The summed E-state index contributed by atoms with van der Waals surface area (Å²) in [5.74, 6) is -0.295. The lowest BCUT2D eigenvalue weighted by molar-refractivity contribution is -0.138. The molecule has 2 rings (SSSR count). The van der Waals surface area contributed by atoms with Crippen LogP contribution in [0.4, 0.5) is 0 Å². The van der Waals surface area contributed by atoms with Crippen molar-refractivity contribution in [2.24, 2.45) is 0 Å². The Morgan fingerprint density at radius 1 is 1.29 bits per heavy atom. The fourth-order valence-electron chi connectivity index (χ4n) is 2.59. The van der Waals surface area contributed by atoms with Crippen LogP contribution in [-0.2, 0) is 17.6 Å². The van der Waals surface area contributed by atoms with E-state index in [0.29, 0.717) is 0 Å². The molecule has 0 aromatic heterocycles. The van der Waals surface area contributed by atoms with Crippen molar-refractivity contribution in [2.45, 2.75) is 38.5 Å². The normalized spacial score (nSPS) is 16.1. The molecule has 0 spiro atoms. The average molecular weight is 234 g/mol. The van der Waals surface area contributed by atoms with Gasteiger partial charge in [-0.15, -0.1) is 0 Å². The third-order valence-corrected chi connectivity index (χ3v) is 3.58. The van der Waals surface area contributed by atoms with E-state index in [0.717, 1.165) is 37.0 Å². The molecular weight excluding hydrogens is 216 g/mol. The van der Waals surface area contributed by atoms with E-state index in [-0.39, 0.29) is 0 Å². The van der Waals surface area contributed by atoms with Crippen LogP contribution in [0.2, 0.25) is 0 Å². The van der Waals surface area contributed by atoms with Gasteiger partial charge in [0, 0.05) is 0 Å². The number of rotatable bonds is 3. The summed E-state index contributed by atoms with van der Waals surface area (Å²) >= 11 is 0. The fourth-order valence-corrected chi connectivity index (χ4v) is 2.59. The number of fused-ring (bicyclic) bond motifs is 1. The van der Waals surface area contributed by atoms with Gasteiger partial charge in [-0.05, 0) is 55.4 Å². The second-order valence-electron chi connectivity index (χ2n) is 4.58. The Kier molecular flexibility index (Phi) is 3.36. The van der Waals surface area contributed by atoms with Gasteiger partial charge in [0.05, 0.1) is 13.0 Å². The van der Waals surface area contributed by atoms with Crippen LogP contribution in [0, 0.1) is 0 Å². The lowest BCUT2D eigenvalue weighted by atomic mass is 9.83. The first-order valence-electron chi connectivity index (χ1n) is 6.06. The average Bonchev–Trinajstić information content (AvgIpc) is 2.36. The van der Waals surface area contributed by atoms with Crippen LogP contribution in [0.3, 0.4) is 0 Å². The first-order chi connectivity index (χ1) is 8.15. The molecule has 17 heavy (non-hydrogen) atoms. The molecule has 1 unspecified atom stereocenters. The molecule has 1 aromatic rings. The quantitative estimate of drug-likeness (QED) is 0.874. The van der Waals surface area contributed by atoms with E-state index in [4.69, 9.17) is 9.84 Å². The van der Waals surface area contributed by atoms with E-state index < -0.39 is 11.9 Å². The molecule has 3 heteroatoms. The summed E-state index contributed by atoms with van der Waals surface area (Å²) in [6.45, 7) is 1.75. The topological polar surface area (TPSA) is 46.5 Å². The summed E-state index contributed by atoms with van der Waals surface area (Å²) in [4.78, 5) is 11.1. The van der Waals surface area contributed by atoms with Gasteiger partial charge in [0.15, 0.2) is 0 Å². The second kappa shape index (κ2) is 4.78. The zero-order valence-electron chi connectivity index (χ0n) is 10.3. The van der Waals surface area contributed by atoms with Crippen molar-refractivity contribution in [1.82, 2.24) is 0 Å². The van der Waals surface area contributed by atoms with Gasteiger partial charge in [-0.2, -0.15) is 0 Å². The molecule has 1 aromatic carbocycles. The van der Waals surface area contributed by atoms with Crippen LogP contribution in [0.1, 0.15) is 42.4 Å². The van der Waals surface area contributed by atoms with Crippen LogP contribution in [0.5, 0.6) is 5.75 Å². The van der Waals surface area contributed by atoms with Gasteiger partial charge in [0.25, 0.3) is 0 Å². The van der Waals surface area contributed by atoms with Crippen LogP contribution < -0.4 is 4.74 Å². The van der Waals surface area contributed by atoms with E-state index in [1.807, 2.05) is 12.1 Å². The Hall–Kier alpha value is -1.51. The number of carbonyl (C=O) groups is 1. The smallest absolute Gasteiger partial charge is 0.310 e. The molecule has 0 fully saturated rings. The summed E-state index contributed by atoms with van der Waals surface area (Å²) in [7, 11) is 1.67. The minimum Gasteiger partial charge on any atom is -0.496 e. The molecule has 0 saturated heterocycles. The first kappa shape index (κ1) is 12.0. The Morgan fingerprint density at radius 2 is 1.94 bits per heavy atom. The van der Waals surface area contributed by atoms with Gasteiger partial charge >= 0.3 is 5.97 Å². The number of carboxylic acids is 1. The molecular formula is C14H18O3. The third-order valence-electron chi connectivity index (χ3n) is 3.58. The molecule has 3 nitrogen and oxygen atoms in total. The highest BCUT2D eigenvalue weighted by Crippen LogP contribution is 2.35. The third kappa shape index (κ3) is 2.14. The predicted molar refractivity (Wildman–Crippen MR) is 65.7 cm³/mol. The lowest BCUT2D eigenvalue weighted by Crippen LogP contribution is -2.14. The molecule has 1 N–H and O–H groups in total. The fraction of sp³-hybridized carbons (Fsp3) is 0.500. The number of hydrogen-bond donors (Lipinski definition) is 1. The van der Waals surface area contributed by atoms with Crippen LogP contribution >= 0.6 is 0 Å². The number of methoxy groups -OCH3 is 1. The van der Waals surface area contributed by atoms with Gasteiger partial charge in [-0.3, -0.25) is 4.79 Å². The Bertz CT molecular complexity index is 437. The van der Waals surface area contributed by atoms with E-state index in [1.165, 1.54) is 11.1 Å². The minimum atomic E-state index is -0.761. The molecule has 0 radical (unpaired) electrons. The number of ether oxygens (including phenoxy) is 1. The number of carboxylic acid groups (broad SMARTS) is 1. The second-order valence-corrected chi connectivity index (χ2v) is 4.58. The van der Waals surface area contributed by atoms with Gasteiger partial charge < -0.3 is 9.84 Å². The maximum absolute atomic E-state index is 11.1. The monoisotopic (exact) mass is 234 g/mol. The largest absolute Gasteiger partial charge is 0.496 e. The predicted octanol–water partition coefficient (Wildman–Crippen LogP) is 2.76. The number of aliphatic carboxylic acids is 1.